The second kappa shape index (κ2) is 7.17. The van der Waals surface area contributed by atoms with Gasteiger partial charge in [0.05, 0.1) is 6.61 Å². The van der Waals surface area contributed by atoms with Gasteiger partial charge in [0.2, 0.25) is 0 Å². The van der Waals surface area contributed by atoms with Gasteiger partial charge in [-0.1, -0.05) is 45.9 Å². The Hall–Kier alpha value is -1.51. The molecule has 0 heterocycles. The summed E-state index contributed by atoms with van der Waals surface area (Å²) in [5.41, 5.74) is 0.0105. The van der Waals surface area contributed by atoms with Gasteiger partial charge in [0, 0.05) is 0 Å². The van der Waals surface area contributed by atoms with E-state index in [-0.39, 0.29) is 18.0 Å². The fourth-order valence-electron chi connectivity index (χ4n) is 2.14. The van der Waals surface area contributed by atoms with Crippen LogP contribution in [0.5, 0.6) is 5.75 Å². The Kier molecular flexibility index (Phi) is 5.87. The number of carbonyl (C=O) groups is 1. The van der Waals surface area contributed by atoms with Crippen LogP contribution in [0.4, 0.5) is 0 Å². The molecule has 3 heteroatoms. The minimum Gasteiger partial charge on any atom is -0.482 e. The number of ether oxygens (including phenoxy) is 2. The van der Waals surface area contributed by atoms with Gasteiger partial charge in [-0.3, -0.25) is 0 Å². The summed E-state index contributed by atoms with van der Waals surface area (Å²) in [5.74, 6) is 0.954. The van der Waals surface area contributed by atoms with Crippen LogP contribution in [-0.4, -0.2) is 19.2 Å². The van der Waals surface area contributed by atoms with E-state index < -0.39 is 0 Å². The van der Waals surface area contributed by atoms with Gasteiger partial charge in [-0.05, 0) is 29.9 Å². The minimum absolute atomic E-state index is 0.0105. The van der Waals surface area contributed by atoms with Gasteiger partial charge in [0.15, 0.2) is 6.61 Å². The topological polar surface area (TPSA) is 35.5 Å². The lowest BCUT2D eigenvalue weighted by Gasteiger charge is -2.26. The van der Waals surface area contributed by atoms with Gasteiger partial charge < -0.3 is 9.47 Å². The van der Waals surface area contributed by atoms with Crippen molar-refractivity contribution in [2.75, 3.05) is 13.2 Å². The Morgan fingerprint density at radius 1 is 1.21 bits per heavy atom. The standard InChI is InChI=1S/C16H24O3/c1-13(2)10-16(3,4)12-19-15(17)11-18-14-8-6-5-7-9-14/h5-9,13H,10-12H2,1-4H3. The van der Waals surface area contributed by atoms with Crippen LogP contribution in [0.15, 0.2) is 30.3 Å². The Bertz CT molecular complexity index is 382. The normalized spacial score (nSPS) is 11.4. The highest BCUT2D eigenvalue weighted by Crippen LogP contribution is 2.25. The predicted molar refractivity (Wildman–Crippen MR) is 76.1 cm³/mol. The molecular weight excluding hydrogens is 240 g/mol. The van der Waals surface area contributed by atoms with Gasteiger partial charge in [-0.2, -0.15) is 0 Å². The smallest absolute Gasteiger partial charge is 0.344 e. The number of para-hydroxylation sites is 1. The van der Waals surface area contributed by atoms with Crippen LogP contribution in [0.2, 0.25) is 0 Å². The lowest BCUT2D eigenvalue weighted by molar-refractivity contribution is -0.149. The molecule has 0 amide bonds. The van der Waals surface area contributed by atoms with E-state index in [9.17, 15) is 4.79 Å². The molecule has 0 saturated heterocycles. The maximum absolute atomic E-state index is 11.6. The molecule has 19 heavy (non-hydrogen) atoms. The molecule has 0 radical (unpaired) electrons. The zero-order chi connectivity index (χ0) is 14.3. The first-order valence-electron chi connectivity index (χ1n) is 6.72. The monoisotopic (exact) mass is 264 g/mol. The van der Waals surface area contributed by atoms with Crippen molar-refractivity contribution in [1.29, 1.82) is 0 Å². The molecule has 0 aromatic heterocycles. The zero-order valence-corrected chi connectivity index (χ0v) is 12.3. The van der Waals surface area contributed by atoms with Crippen molar-refractivity contribution in [2.24, 2.45) is 11.3 Å². The zero-order valence-electron chi connectivity index (χ0n) is 12.3. The van der Waals surface area contributed by atoms with Gasteiger partial charge in [-0.25, -0.2) is 4.79 Å². The van der Waals surface area contributed by atoms with E-state index >= 15 is 0 Å². The molecule has 0 saturated carbocycles. The first-order valence-corrected chi connectivity index (χ1v) is 6.72. The van der Waals surface area contributed by atoms with Crippen LogP contribution in [-0.2, 0) is 9.53 Å². The summed E-state index contributed by atoms with van der Waals surface area (Å²) in [6.45, 7) is 8.95. The third-order valence-corrected chi connectivity index (χ3v) is 2.68. The highest BCUT2D eigenvalue weighted by atomic mass is 16.6. The molecule has 1 aromatic rings. The molecule has 0 aliphatic carbocycles. The van der Waals surface area contributed by atoms with E-state index in [2.05, 4.69) is 27.7 Å². The first-order chi connectivity index (χ1) is 8.89. The van der Waals surface area contributed by atoms with E-state index in [1.54, 1.807) is 0 Å². The molecule has 0 bridgehead atoms. The molecule has 0 atom stereocenters. The van der Waals surface area contributed by atoms with Crippen molar-refractivity contribution in [3.8, 4) is 5.75 Å². The Labute approximate surface area is 115 Å². The highest BCUT2D eigenvalue weighted by Gasteiger charge is 2.21. The number of benzene rings is 1. The van der Waals surface area contributed by atoms with E-state index in [0.717, 1.165) is 6.42 Å². The average molecular weight is 264 g/mol. The van der Waals surface area contributed by atoms with Crippen molar-refractivity contribution in [1.82, 2.24) is 0 Å². The van der Waals surface area contributed by atoms with Crippen LogP contribution in [0, 0.1) is 11.3 Å². The van der Waals surface area contributed by atoms with Crippen LogP contribution in [0.3, 0.4) is 0 Å². The fraction of sp³-hybridized carbons (Fsp3) is 0.562. The number of hydrogen-bond acceptors (Lipinski definition) is 3. The third-order valence-electron chi connectivity index (χ3n) is 2.68. The molecule has 0 fully saturated rings. The van der Waals surface area contributed by atoms with Gasteiger partial charge in [0.25, 0.3) is 0 Å². The molecule has 106 valence electrons. The molecule has 1 rings (SSSR count). The lowest BCUT2D eigenvalue weighted by Crippen LogP contribution is -2.25. The third kappa shape index (κ3) is 6.85. The van der Waals surface area contributed by atoms with Crippen molar-refractivity contribution in [3.05, 3.63) is 30.3 Å². The lowest BCUT2D eigenvalue weighted by atomic mass is 9.85. The second-order valence-electron chi connectivity index (χ2n) is 6.02. The molecule has 3 nitrogen and oxygen atoms in total. The van der Waals surface area contributed by atoms with Crippen LogP contribution >= 0.6 is 0 Å². The Morgan fingerprint density at radius 2 is 1.84 bits per heavy atom. The summed E-state index contributed by atoms with van der Waals surface area (Å²) >= 11 is 0. The first kappa shape index (κ1) is 15.5. The number of rotatable bonds is 7. The van der Waals surface area contributed by atoms with E-state index in [1.807, 2.05) is 30.3 Å². The molecule has 0 unspecified atom stereocenters. The SMILES string of the molecule is CC(C)CC(C)(C)COC(=O)COc1ccccc1. The molecule has 0 aliphatic heterocycles. The number of hydrogen-bond donors (Lipinski definition) is 0. The summed E-state index contributed by atoms with van der Waals surface area (Å²) in [4.78, 5) is 11.6. The molecule has 0 spiro atoms. The Morgan fingerprint density at radius 3 is 2.42 bits per heavy atom. The number of carbonyl (C=O) groups excluding carboxylic acids is 1. The van der Waals surface area contributed by atoms with Crippen molar-refractivity contribution in [3.63, 3.8) is 0 Å². The van der Waals surface area contributed by atoms with Crippen molar-refractivity contribution in [2.45, 2.75) is 34.1 Å². The van der Waals surface area contributed by atoms with E-state index in [0.29, 0.717) is 18.3 Å². The second-order valence-corrected chi connectivity index (χ2v) is 6.02. The largest absolute Gasteiger partial charge is 0.482 e. The fourth-order valence-corrected chi connectivity index (χ4v) is 2.14. The molecule has 0 aliphatic rings. The summed E-state index contributed by atoms with van der Waals surface area (Å²) in [6, 6.07) is 9.27. The summed E-state index contributed by atoms with van der Waals surface area (Å²) in [6.07, 6.45) is 1.03. The maximum Gasteiger partial charge on any atom is 0.344 e. The van der Waals surface area contributed by atoms with Gasteiger partial charge >= 0.3 is 5.97 Å². The minimum atomic E-state index is -0.319. The molecule has 0 N–H and O–H groups in total. The van der Waals surface area contributed by atoms with Crippen molar-refractivity contribution < 1.29 is 14.3 Å². The predicted octanol–water partition coefficient (Wildman–Crippen LogP) is 3.68. The maximum atomic E-state index is 11.6. The molecule has 1 aromatic carbocycles. The van der Waals surface area contributed by atoms with Gasteiger partial charge in [0.1, 0.15) is 5.75 Å². The van der Waals surface area contributed by atoms with Crippen LogP contribution < -0.4 is 4.74 Å². The average Bonchev–Trinajstić information content (AvgIpc) is 2.34. The van der Waals surface area contributed by atoms with E-state index in [1.165, 1.54) is 0 Å². The summed E-state index contributed by atoms with van der Waals surface area (Å²) in [5, 5.41) is 0. The quantitative estimate of drug-likeness (QED) is 0.705. The van der Waals surface area contributed by atoms with Crippen LogP contribution in [0.1, 0.15) is 34.1 Å². The van der Waals surface area contributed by atoms with Gasteiger partial charge in [-0.15, -0.1) is 0 Å². The highest BCUT2D eigenvalue weighted by molar-refractivity contribution is 5.71. The summed E-state index contributed by atoms with van der Waals surface area (Å²) < 4.78 is 10.6. The van der Waals surface area contributed by atoms with Crippen molar-refractivity contribution >= 4 is 5.97 Å². The summed E-state index contributed by atoms with van der Waals surface area (Å²) in [7, 11) is 0. The number of esters is 1. The van der Waals surface area contributed by atoms with E-state index in [4.69, 9.17) is 9.47 Å². The van der Waals surface area contributed by atoms with Crippen LogP contribution in [0.25, 0.3) is 0 Å². The molecular formula is C16H24O3. The Balaban J connectivity index is 2.28.